The Balaban J connectivity index is 2.06. The molecule has 0 aromatic heterocycles. The SMILES string of the molecule is C=CC(=O)COc1ccc(-c2ccccc2)cc1. The minimum Gasteiger partial charge on any atom is -0.485 e. The lowest BCUT2D eigenvalue weighted by Gasteiger charge is -2.05. The van der Waals surface area contributed by atoms with Crippen LogP contribution in [0.15, 0.2) is 67.3 Å². The van der Waals surface area contributed by atoms with E-state index in [1.165, 1.54) is 6.08 Å². The van der Waals surface area contributed by atoms with Gasteiger partial charge >= 0.3 is 0 Å². The van der Waals surface area contributed by atoms with Gasteiger partial charge in [0, 0.05) is 0 Å². The second-order valence-corrected chi connectivity index (χ2v) is 3.85. The summed E-state index contributed by atoms with van der Waals surface area (Å²) in [6, 6.07) is 17.8. The molecule has 2 aromatic carbocycles. The van der Waals surface area contributed by atoms with E-state index in [1.54, 1.807) is 0 Å². The fourth-order valence-corrected chi connectivity index (χ4v) is 1.59. The number of hydrogen-bond acceptors (Lipinski definition) is 2. The molecule has 0 spiro atoms. The van der Waals surface area contributed by atoms with E-state index in [-0.39, 0.29) is 12.4 Å². The normalized spacial score (nSPS) is 9.78. The first kappa shape index (κ1) is 12.1. The van der Waals surface area contributed by atoms with Crippen molar-refractivity contribution in [1.29, 1.82) is 0 Å². The average Bonchev–Trinajstić information content (AvgIpc) is 2.46. The van der Waals surface area contributed by atoms with Crippen LogP contribution in [0.1, 0.15) is 0 Å². The van der Waals surface area contributed by atoms with Gasteiger partial charge in [-0.1, -0.05) is 49.0 Å². The molecule has 2 aromatic rings. The van der Waals surface area contributed by atoms with Crippen molar-refractivity contribution in [2.24, 2.45) is 0 Å². The molecule has 0 unspecified atom stereocenters. The molecule has 90 valence electrons. The molecule has 0 aliphatic rings. The Morgan fingerprint density at radius 3 is 2.22 bits per heavy atom. The van der Waals surface area contributed by atoms with Gasteiger partial charge in [0.1, 0.15) is 5.75 Å². The second kappa shape index (κ2) is 5.82. The van der Waals surface area contributed by atoms with Crippen LogP contribution in [0.2, 0.25) is 0 Å². The van der Waals surface area contributed by atoms with Gasteiger partial charge in [-0.25, -0.2) is 0 Å². The number of carbonyl (C=O) groups excluding carboxylic acids is 1. The lowest BCUT2D eigenvalue weighted by atomic mass is 10.1. The van der Waals surface area contributed by atoms with E-state index < -0.39 is 0 Å². The number of hydrogen-bond donors (Lipinski definition) is 0. The minimum absolute atomic E-state index is 0.0359. The predicted molar refractivity (Wildman–Crippen MR) is 72.6 cm³/mol. The zero-order valence-corrected chi connectivity index (χ0v) is 10.0. The van der Waals surface area contributed by atoms with Crippen LogP contribution in [-0.4, -0.2) is 12.4 Å². The van der Waals surface area contributed by atoms with E-state index in [0.29, 0.717) is 5.75 Å². The van der Waals surface area contributed by atoms with E-state index in [9.17, 15) is 4.79 Å². The first-order valence-electron chi connectivity index (χ1n) is 5.73. The molecule has 0 bridgehead atoms. The summed E-state index contributed by atoms with van der Waals surface area (Å²) in [5.74, 6) is 0.562. The lowest BCUT2D eigenvalue weighted by Crippen LogP contribution is -2.07. The summed E-state index contributed by atoms with van der Waals surface area (Å²) in [6.07, 6.45) is 1.26. The smallest absolute Gasteiger partial charge is 0.192 e. The van der Waals surface area contributed by atoms with Crippen molar-refractivity contribution in [3.8, 4) is 16.9 Å². The van der Waals surface area contributed by atoms with E-state index in [1.807, 2.05) is 42.5 Å². The summed E-state index contributed by atoms with van der Waals surface area (Å²) in [4.78, 5) is 11.0. The third-order valence-corrected chi connectivity index (χ3v) is 2.57. The molecule has 0 saturated heterocycles. The zero-order valence-electron chi connectivity index (χ0n) is 10.0. The van der Waals surface area contributed by atoms with Crippen molar-refractivity contribution >= 4 is 5.78 Å². The van der Waals surface area contributed by atoms with Crippen molar-refractivity contribution in [3.63, 3.8) is 0 Å². The minimum atomic E-state index is -0.123. The van der Waals surface area contributed by atoms with Crippen molar-refractivity contribution < 1.29 is 9.53 Å². The highest BCUT2D eigenvalue weighted by Crippen LogP contribution is 2.21. The average molecular weight is 238 g/mol. The number of carbonyl (C=O) groups is 1. The largest absolute Gasteiger partial charge is 0.485 e. The van der Waals surface area contributed by atoms with Crippen LogP contribution in [0.25, 0.3) is 11.1 Å². The molecule has 0 saturated carbocycles. The van der Waals surface area contributed by atoms with Gasteiger partial charge in [-0.2, -0.15) is 0 Å². The first-order chi connectivity index (χ1) is 8.79. The van der Waals surface area contributed by atoms with Crippen LogP contribution >= 0.6 is 0 Å². The maximum atomic E-state index is 11.0. The fourth-order valence-electron chi connectivity index (χ4n) is 1.59. The van der Waals surface area contributed by atoms with Gasteiger partial charge in [0.05, 0.1) is 0 Å². The zero-order chi connectivity index (χ0) is 12.8. The van der Waals surface area contributed by atoms with E-state index >= 15 is 0 Å². The second-order valence-electron chi connectivity index (χ2n) is 3.85. The Labute approximate surface area is 107 Å². The third-order valence-electron chi connectivity index (χ3n) is 2.57. The molecule has 0 amide bonds. The van der Waals surface area contributed by atoms with Crippen LogP contribution in [0, 0.1) is 0 Å². The highest BCUT2D eigenvalue weighted by molar-refractivity contribution is 5.90. The van der Waals surface area contributed by atoms with Crippen LogP contribution in [0.5, 0.6) is 5.75 Å². The summed E-state index contributed by atoms with van der Waals surface area (Å²) in [5.41, 5.74) is 2.28. The highest BCUT2D eigenvalue weighted by Gasteiger charge is 2.00. The lowest BCUT2D eigenvalue weighted by molar-refractivity contribution is -0.116. The van der Waals surface area contributed by atoms with Gasteiger partial charge in [-0.15, -0.1) is 0 Å². The quantitative estimate of drug-likeness (QED) is 0.745. The maximum Gasteiger partial charge on any atom is 0.192 e. The first-order valence-corrected chi connectivity index (χ1v) is 5.73. The Hall–Kier alpha value is -2.35. The summed E-state index contributed by atoms with van der Waals surface area (Å²) in [7, 11) is 0. The summed E-state index contributed by atoms with van der Waals surface area (Å²) >= 11 is 0. The summed E-state index contributed by atoms with van der Waals surface area (Å²) < 4.78 is 5.33. The fraction of sp³-hybridized carbons (Fsp3) is 0.0625. The Morgan fingerprint density at radius 2 is 1.61 bits per heavy atom. The molecule has 2 nitrogen and oxygen atoms in total. The molecular formula is C16H14O2. The van der Waals surface area contributed by atoms with Gasteiger partial charge in [-0.3, -0.25) is 4.79 Å². The molecule has 0 heterocycles. The van der Waals surface area contributed by atoms with E-state index in [2.05, 4.69) is 18.7 Å². The molecule has 2 rings (SSSR count). The summed E-state index contributed by atoms with van der Waals surface area (Å²) in [5, 5.41) is 0. The molecule has 0 radical (unpaired) electrons. The standard InChI is InChI=1S/C16H14O2/c1-2-15(17)12-18-16-10-8-14(9-11-16)13-6-4-3-5-7-13/h2-11H,1,12H2. The molecule has 0 N–H and O–H groups in total. The predicted octanol–water partition coefficient (Wildman–Crippen LogP) is 3.49. The Kier molecular flexibility index (Phi) is 3.92. The van der Waals surface area contributed by atoms with Crippen molar-refractivity contribution in [2.75, 3.05) is 6.61 Å². The molecule has 0 fully saturated rings. The van der Waals surface area contributed by atoms with Gasteiger partial charge in [0.15, 0.2) is 12.4 Å². The van der Waals surface area contributed by atoms with Crippen LogP contribution in [0.4, 0.5) is 0 Å². The number of benzene rings is 2. The third kappa shape index (κ3) is 3.08. The molecule has 18 heavy (non-hydrogen) atoms. The Bertz CT molecular complexity index is 527. The van der Waals surface area contributed by atoms with Crippen LogP contribution in [0.3, 0.4) is 0 Å². The van der Waals surface area contributed by atoms with Gasteiger partial charge in [-0.05, 0) is 29.3 Å². The van der Waals surface area contributed by atoms with Crippen molar-refractivity contribution in [1.82, 2.24) is 0 Å². The molecular weight excluding hydrogens is 224 g/mol. The summed E-state index contributed by atoms with van der Waals surface area (Å²) in [6.45, 7) is 3.43. The van der Waals surface area contributed by atoms with Crippen molar-refractivity contribution in [3.05, 3.63) is 67.3 Å². The number of ketones is 1. The molecule has 0 aliphatic carbocycles. The van der Waals surface area contributed by atoms with E-state index in [0.717, 1.165) is 11.1 Å². The number of ether oxygens (including phenoxy) is 1. The van der Waals surface area contributed by atoms with Gasteiger partial charge in [0.2, 0.25) is 0 Å². The van der Waals surface area contributed by atoms with Crippen molar-refractivity contribution in [2.45, 2.75) is 0 Å². The number of rotatable bonds is 5. The van der Waals surface area contributed by atoms with Crippen LogP contribution in [-0.2, 0) is 4.79 Å². The van der Waals surface area contributed by atoms with E-state index in [4.69, 9.17) is 4.74 Å². The maximum absolute atomic E-state index is 11.0. The van der Waals surface area contributed by atoms with Crippen LogP contribution < -0.4 is 4.74 Å². The topological polar surface area (TPSA) is 26.3 Å². The van der Waals surface area contributed by atoms with Gasteiger partial charge < -0.3 is 4.74 Å². The Morgan fingerprint density at radius 1 is 1.00 bits per heavy atom. The highest BCUT2D eigenvalue weighted by atomic mass is 16.5. The molecule has 2 heteroatoms. The monoisotopic (exact) mass is 238 g/mol. The van der Waals surface area contributed by atoms with Gasteiger partial charge in [0.25, 0.3) is 0 Å². The molecule has 0 aliphatic heterocycles. The molecule has 0 atom stereocenters.